The molecular formula is C44H81NO8. The number of hydrogen-bond donors (Lipinski definition) is 6. The normalized spacial score (nSPS) is 22.0. The Morgan fingerprint density at radius 2 is 1.11 bits per heavy atom. The van der Waals surface area contributed by atoms with E-state index in [1.54, 1.807) is 6.08 Å². The van der Waals surface area contributed by atoms with Crippen LogP contribution in [0.5, 0.6) is 0 Å². The lowest BCUT2D eigenvalue weighted by molar-refractivity contribution is -0.302. The van der Waals surface area contributed by atoms with Crippen LogP contribution in [-0.4, -0.2) is 87.5 Å². The van der Waals surface area contributed by atoms with Gasteiger partial charge >= 0.3 is 0 Å². The number of aliphatic hydroxyl groups excluding tert-OH is 5. The average Bonchev–Trinajstić information content (AvgIpc) is 3.16. The van der Waals surface area contributed by atoms with Gasteiger partial charge < -0.3 is 40.3 Å². The highest BCUT2D eigenvalue weighted by Crippen LogP contribution is 2.22. The third-order valence-electron chi connectivity index (χ3n) is 10.2. The molecule has 1 heterocycles. The molecule has 0 aliphatic carbocycles. The van der Waals surface area contributed by atoms with E-state index in [1.165, 1.54) is 122 Å². The third-order valence-corrected chi connectivity index (χ3v) is 10.2. The number of nitrogens with one attached hydrogen (secondary N) is 1. The average molecular weight is 752 g/mol. The van der Waals surface area contributed by atoms with E-state index in [2.05, 4.69) is 37.4 Å². The van der Waals surface area contributed by atoms with Crippen LogP contribution in [0.15, 0.2) is 36.5 Å². The molecule has 1 rings (SSSR count). The van der Waals surface area contributed by atoms with E-state index in [1.807, 2.05) is 12.2 Å². The summed E-state index contributed by atoms with van der Waals surface area (Å²) in [5.74, 6) is -0.245. The van der Waals surface area contributed by atoms with E-state index in [0.29, 0.717) is 6.42 Å². The number of carbonyl (C=O) groups excluding carboxylic acids is 1. The second-order valence-electron chi connectivity index (χ2n) is 15.1. The van der Waals surface area contributed by atoms with Gasteiger partial charge in [-0.05, 0) is 38.5 Å². The van der Waals surface area contributed by atoms with Crippen LogP contribution in [0.4, 0.5) is 0 Å². The van der Waals surface area contributed by atoms with Gasteiger partial charge in [0.05, 0.1) is 25.4 Å². The zero-order valence-electron chi connectivity index (χ0n) is 33.8. The number of aliphatic hydroxyl groups is 5. The molecule has 1 saturated heterocycles. The lowest BCUT2D eigenvalue weighted by Crippen LogP contribution is -2.60. The molecule has 0 bridgehead atoms. The van der Waals surface area contributed by atoms with Crippen LogP contribution >= 0.6 is 0 Å². The maximum absolute atomic E-state index is 12.9. The van der Waals surface area contributed by atoms with Gasteiger partial charge in [0, 0.05) is 6.42 Å². The summed E-state index contributed by atoms with van der Waals surface area (Å²) in [5.41, 5.74) is 0. The van der Waals surface area contributed by atoms with Crippen molar-refractivity contribution in [3.05, 3.63) is 36.5 Å². The van der Waals surface area contributed by atoms with Gasteiger partial charge in [-0.1, -0.05) is 172 Å². The summed E-state index contributed by atoms with van der Waals surface area (Å²) in [4.78, 5) is 12.9. The summed E-state index contributed by atoms with van der Waals surface area (Å²) in [7, 11) is 0. The highest BCUT2D eigenvalue weighted by atomic mass is 16.7. The predicted molar refractivity (Wildman–Crippen MR) is 216 cm³/mol. The fourth-order valence-corrected chi connectivity index (χ4v) is 6.68. The van der Waals surface area contributed by atoms with E-state index in [9.17, 15) is 30.3 Å². The summed E-state index contributed by atoms with van der Waals surface area (Å²) in [6, 6.07) is -0.832. The van der Waals surface area contributed by atoms with E-state index in [4.69, 9.17) is 9.47 Å². The quantitative estimate of drug-likeness (QED) is 0.0279. The molecule has 7 unspecified atom stereocenters. The molecule has 0 radical (unpaired) electrons. The number of allylic oxidation sites excluding steroid dienone is 5. The van der Waals surface area contributed by atoms with Crippen molar-refractivity contribution in [3.63, 3.8) is 0 Å². The minimum Gasteiger partial charge on any atom is -0.394 e. The Morgan fingerprint density at radius 3 is 1.62 bits per heavy atom. The fraction of sp³-hybridized carbons (Fsp3) is 0.841. The molecule has 310 valence electrons. The van der Waals surface area contributed by atoms with Gasteiger partial charge in [-0.15, -0.1) is 0 Å². The number of amides is 1. The first-order valence-corrected chi connectivity index (χ1v) is 21.7. The Kier molecular flexibility index (Phi) is 32.5. The molecule has 1 aliphatic heterocycles. The smallest absolute Gasteiger partial charge is 0.220 e. The van der Waals surface area contributed by atoms with Gasteiger partial charge in [-0.3, -0.25) is 4.79 Å². The van der Waals surface area contributed by atoms with Crippen molar-refractivity contribution in [2.24, 2.45) is 0 Å². The Balaban J connectivity index is 2.43. The maximum Gasteiger partial charge on any atom is 0.220 e. The number of unbranched alkanes of at least 4 members (excludes halogenated alkanes) is 21. The number of rotatable bonds is 35. The van der Waals surface area contributed by atoms with E-state index in [0.717, 1.165) is 32.1 Å². The highest BCUT2D eigenvalue weighted by molar-refractivity contribution is 5.76. The van der Waals surface area contributed by atoms with Gasteiger partial charge in [0.1, 0.15) is 24.4 Å². The summed E-state index contributed by atoms with van der Waals surface area (Å²) in [6.45, 7) is 3.72. The topological polar surface area (TPSA) is 149 Å². The van der Waals surface area contributed by atoms with Crippen LogP contribution in [-0.2, 0) is 14.3 Å². The second-order valence-corrected chi connectivity index (χ2v) is 15.1. The monoisotopic (exact) mass is 752 g/mol. The Morgan fingerprint density at radius 1 is 0.642 bits per heavy atom. The Labute approximate surface area is 323 Å². The first-order chi connectivity index (χ1) is 25.8. The minimum atomic E-state index is -1.57. The summed E-state index contributed by atoms with van der Waals surface area (Å²) >= 11 is 0. The van der Waals surface area contributed by atoms with Crippen LogP contribution in [0.2, 0.25) is 0 Å². The SMILES string of the molecule is CCCCCCCC/C=C\C/C=C\CCC(=O)NC(COC1OC(CO)C(O)C(O)C1O)C(O)/C=C/CCCCCCCCCCCCCCCCC. The Hall–Kier alpha value is -1.59. The number of ether oxygens (including phenoxy) is 2. The van der Waals surface area contributed by atoms with Crippen molar-refractivity contribution in [1.29, 1.82) is 0 Å². The zero-order chi connectivity index (χ0) is 38.8. The van der Waals surface area contributed by atoms with Crippen molar-refractivity contribution < 1.29 is 39.8 Å². The van der Waals surface area contributed by atoms with Crippen molar-refractivity contribution in [1.82, 2.24) is 5.32 Å². The number of hydrogen-bond acceptors (Lipinski definition) is 8. The molecule has 0 aromatic heterocycles. The molecule has 0 aromatic rings. The lowest BCUT2D eigenvalue weighted by Gasteiger charge is -2.40. The van der Waals surface area contributed by atoms with Gasteiger partial charge in [0.15, 0.2) is 6.29 Å². The summed E-state index contributed by atoms with van der Waals surface area (Å²) < 4.78 is 11.2. The molecular weight excluding hydrogens is 670 g/mol. The molecule has 0 spiro atoms. The second kappa shape index (κ2) is 34.9. The van der Waals surface area contributed by atoms with Gasteiger partial charge in [0.25, 0.3) is 0 Å². The van der Waals surface area contributed by atoms with Crippen LogP contribution in [0.25, 0.3) is 0 Å². The predicted octanol–water partition coefficient (Wildman–Crippen LogP) is 8.50. The first kappa shape index (κ1) is 49.4. The molecule has 9 heteroatoms. The third kappa shape index (κ3) is 26.0. The fourth-order valence-electron chi connectivity index (χ4n) is 6.68. The van der Waals surface area contributed by atoms with Crippen molar-refractivity contribution >= 4 is 5.91 Å². The standard InChI is InChI=1S/C44H81NO8/c1-3-5-7-9-11-13-15-17-18-19-20-22-23-25-27-29-31-33-38(47)37(36-52-44-43(51)42(50)41(49)39(35-46)53-44)45-40(48)34-32-30-28-26-24-21-16-14-12-10-8-6-4-2/h21,24,28,30-31,33,37-39,41-44,46-47,49-51H,3-20,22-23,25-27,29,32,34-36H2,1-2H3,(H,45,48)/b24-21-,30-28-,33-31+. The van der Waals surface area contributed by atoms with E-state index < -0.39 is 49.5 Å². The molecule has 1 amide bonds. The Bertz CT molecular complexity index is 925. The molecule has 1 aliphatic rings. The van der Waals surface area contributed by atoms with Gasteiger partial charge in [-0.2, -0.15) is 0 Å². The van der Waals surface area contributed by atoms with Crippen LogP contribution in [0, 0.1) is 0 Å². The molecule has 7 atom stereocenters. The highest BCUT2D eigenvalue weighted by Gasteiger charge is 2.44. The molecule has 1 fully saturated rings. The first-order valence-electron chi connectivity index (χ1n) is 21.7. The number of carbonyl (C=O) groups is 1. The molecule has 6 N–H and O–H groups in total. The van der Waals surface area contributed by atoms with E-state index in [-0.39, 0.29) is 18.9 Å². The largest absolute Gasteiger partial charge is 0.394 e. The molecule has 0 saturated carbocycles. The van der Waals surface area contributed by atoms with Crippen LogP contribution in [0.1, 0.15) is 181 Å². The van der Waals surface area contributed by atoms with Crippen molar-refractivity contribution in [2.45, 2.75) is 224 Å². The summed E-state index contributed by atoms with van der Waals surface area (Å²) in [6.07, 6.45) is 34.8. The minimum absolute atomic E-state index is 0.210. The van der Waals surface area contributed by atoms with Crippen LogP contribution in [0.3, 0.4) is 0 Å². The van der Waals surface area contributed by atoms with Gasteiger partial charge in [0.2, 0.25) is 5.91 Å². The zero-order valence-corrected chi connectivity index (χ0v) is 33.8. The summed E-state index contributed by atoms with van der Waals surface area (Å²) in [5, 5.41) is 54.0. The molecule has 9 nitrogen and oxygen atoms in total. The van der Waals surface area contributed by atoms with Crippen molar-refractivity contribution in [3.8, 4) is 0 Å². The molecule has 53 heavy (non-hydrogen) atoms. The van der Waals surface area contributed by atoms with Gasteiger partial charge in [-0.25, -0.2) is 0 Å². The van der Waals surface area contributed by atoms with Crippen LogP contribution < -0.4 is 5.32 Å². The maximum atomic E-state index is 12.9. The van der Waals surface area contributed by atoms with E-state index >= 15 is 0 Å². The lowest BCUT2D eigenvalue weighted by atomic mass is 9.99. The van der Waals surface area contributed by atoms with Crippen molar-refractivity contribution in [2.75, 3.05) is 13.2 Å². The molecule has 0 aromatic carbocycles.